The zero-order chi connectivity index (χ0) is 11.3. The van der Waals surface area contributed by atoms with Crippen molar-refractivity contribution in [3.63, 3.8) is 0 Å². The second-order valence-corrected chi connectivity index (χ2v) is 3.14. The SMILES string of the molecule is O=S([O-])[O-].Oc1ccc2ccccc2c1. The van der Waals surface area contributed by atoms with E-state index in [1.807, 2.05) is 30.3 Å². The Morgan fingerprint density at radius 2 is 1.53 bits per heavy atom. The van der Waals surface area contributed by atoms with E-state index in [9.17, 15) is 0 Å². The van der Waals surface area contributed by atoms with Gasteiger partial charge in [0.15, 0.2) is 0 Å². The highest BCUT2D eigenvalue weighted by molar-refractivity contribution is 7.72. The minimum absolute atomic E-state index is 0.323. The van der Waals surface area contributed by atoms with Crippen molar-refractivity contribution in [3.05, 3.63) is 42.5 Å². The Hall–Kier alpha value is -1.43. The summed E-state index contributed by atoms with van der Waals surface area (Å²) in [7, 11) is 0. The van der Waals surface area contributed by atoms with Gasteiger partial charge in [0.25, 0.3) is 0 Å². The van der Waals surface area contributed by atoms with Crippen molar-refractivity contribution in [2.75, 3.05) is 0 Å². The highest BCUT2D eigenvalue weighted by atomic mass is 32.2. The monoisotopic (exact) mass is 224 g/mol. The Kier molecular flexibility index (Phi) is 4.23. The standard InChI is InChI=1S/C10H8O.H2O3S/c11-10-6-5-8-3-1-2-4-9(8)7-10;1-4(2)3/h1-7,11H;(H2,1,2,3)/p-2. The zero-order valence-electron chi connectivity index (χ0n) is 7.62. The molecule has 0 aliphatic carbocycles. The van der Waals surface area contributed by atoms with Gasteiger partial charge < -0.3 is 14.2 Å². The number of phenols is 1. The lowest BCUT2D eigenvalue weighted by Crippen LogP contribution is -1.76. The molecule has 0 aliphatic heterocycles. The van der Waals surface area contributed by atoms with E-state index in [0.29, 0.717) is 5.75 Å². The van der Waals surface area contributed by atoms with Gasteiger partial charge in [-0.25, -0.2) is 0 Å². The first-order valence-electron chi connectivity index (χ1n) is 4.04. The summed E-state index contributed by atoms with van der Waals surface area (Å²) in [6, 6.07) is 13.3. The van der Waals surface area contributed by atoms with Crippen molar-refractivity contribution in [1.29, 1.82) is 0 Å². The molecule has 0 amide bonds. The van der Waals surface area contributed by atoms with E-state index in [0.717, 1.165) is 10.8 Å². The Balaban J connectivity index is 0.000000245. The molecule has 15 heavy (non-hydrogen) atoms. The number of hydrogen-bond acceptors (Lipinski definition) is 4. The molecule has 1 N–H and O–H groups in total. The normalized spacial score (nSPS) is 9.80. The van der Waals surface area contributed by atoms with E-state index in [2.05, 4.69) is 0 Å². The maximum Gasteiger partial charge on any atom is 0.116 e. The van der Waals surface area contributed by atoms with Crippen molar-refractivity contribution in [1.82, 2.24) is 0 Å². The highest BCUT2D eigenvalue weighted by Gasteiger charge is 1.91. The van der Waals surface area contributed by atoms with Crippen molar-refractivity contribution < 1.29 is 18.4 Å². The molecule has 0 atom stereocenters. The van der Waals surface area contributed by atoms with E-state index in [1.165, 1.54) is 0 Å². The molecule has 2 aromatic rings. The quantitative estimate of drug-likeness (QED) is 0.688. The second kappa shape index (κ2) is 5.45. The molecular weight excluding hydrogens is 216 g/mol. The number of benzene rings is 2. The summed E-state index contributed by atoms with van der Waals surface area (Å²) >= 11 is -3.11. The smallest absolute Gasteiger partial charge is 0.116 e. The summed E-state index contributed by atoms with van der Waals surface area (Å²) < 4.78 is 25.3. The Labute approximate surface area is 89.3 Å². The third-order valence-corrected chi connectivity index (χ3v) is 1.73. The average molecular weight is 224 g/mol. The summed E-state index contributed by atoms with van der Waals surface area (Å²) in [5.74, 6) is 0.323. The van der Waals surface area contributed by atoms with Crippen molar-refractivity contribution in [2.24, 2.45) is 0 Å². The third-order valence-electron chi connectivity index (χ3n) is 1.73. The molecule has 0 radical (unpaired) electrons. The molecule has 0 saturated heterocycles. The molecule has 0 saturated carbocycles. The predicted octanol–water partition coefficient (Wildman–Crippen LogP) is 1.54. The average Bonchev–Trinajstić information content (AvgIpc) is 2.16. The molecule has 80 valence electrons. The van der Waals surface area contributed by atoms with Gasteiger partial charge in [-0.1, -0.05) is 30.3 Å². The first-order valence-corrected chi connectivity index (χ1v) is 5.04. The fraction of sp³-hybridized carbons (Fsp3) is 0. The van der Waals surface area contributed by atoms with Crippen LogP contribution in [-0.4, -0.2) is 18.4 Å². The molecule has 0 fully saturated rings. The second-order valence-electron chi connectivity index (χ2n) is 2.74. The largest absolute Gasteiger partial charge is 0.784 e. The first-order chi connectivity index (χ1) is 7.09. The van der Waals surface area contributed by atoms with Crippen molar-refractivity contribution in [2.45, 2.75) is 0 Å². The minimum atomic E-state index is -3.11. The Bertz CT molecular complexity index is 466. The number of hydrogen-bond donors (Lipinski definition) is 1. The summed E-state index contributed by atoms with van der Waals surface area (Å²) in [4.78, 5) is 0. The van der Waals surface area contributed by atoms with Crippen molar-refractivity contribution in [3.8, 4) is 5.75 Å². The molecule has 0 heterocycles. The van der Waals surface area contributed by atoms with Crippen LogP contribution < -0.4 is 0 Å². The molecule has 0 spiro atoms. The van der Waals surface area contributed by atoms with Crippen LogP contribution in [-0.2, 0) is 11.4 Å². The molecular formula is C10H8O4S-2. The topological polar surface area (TPSA) is 83.4 Å². The predicted molar refractivity (Wildman–Crippen MR) is 55.3 cm³/mol. The van der Waals surface area contributed by atoms with E-state index in [-0.39, 0.29) is 0 Å². The maximum atomic E-state index is 9.13. The minimum Gasteiger partial charge on any atom is -0.784 e. The number of aromatic hydroxyl groups is 1. The third kappa shape index (κ3) is 4.07. The van der Waals surface area contributed by atoms with Gasteiger partial charge >= 0.3 is 0 Å². The van der Waals surface area contributed by atoms with Gasteiger partial charge in [-0.15, -0.1) is 11.4 Å². The lowest BCUT2D eigenvalue weighted by atomic mass is 10.1. The van der Waals surface area contributed by atoms with Gasteiger partial charge in [0.05, 0.1) is 0 Å². The van der Waals surface area contributed by atoms with Crippen LogP contribution in [0.4, 0.5) is 0 Å². The number of phenolic OH excluding ortho intramolecular Hbond substituents is 1. The van der Waals surface area contributed by atoms with E-state index < -0.39 is 11.4 Å². The number of rotatable bonds is 0. The van der Waals surface area contributed by atoms with E-state index in [4.69, 9.17) is 18.4 Å². The van der Waals surface area contributed by atoms with Crippen molar-refractivity contribution >= 4 is 22.1 Å². The summed E-state index contributed by atoms with van der Waals surface area (Å²) in [5.41, 5.74) is 0. The molecule has 0 aromatic heterocycles. The van der Waals surface area contributed by atoms with Gasteiger partial charge in [-0.3, -0.25) is 4.21 Å². The molecule has 2 aromatic carbocycles. The lowest BCUT2D eigenvalue weighted by molar-refractivity contribution is 0.419. The molecule has 2 rings (SSSR count). The molecule has 4 nitrogen and oxygen atoms in total. The van der Waals surface area contributed by atoms with Crippen LogP contribution in [0.3, 0.4) is 0 Å². The lowest BCUT2D eigenvalue weighted by Gasteiger charge is -2.03. The van der Waals surface area contributed by atoms with E-state index in [1.54, 1.807) is 12.1 Å². The van der Waals surface area contributed by atoms with E-state index >= 15 is 0 Å². The molecule has 0 unspecified atom stereocenters. The van der Waals surface area contributed by atoms with Gasteiger partial charge in [-0.2, -0.15) is 0 Å². The van der Waals surface area contributed by atoms with Gasteiger partial charge in [0.2, 0.25) is 0 Å². The van der Waals surface area contributed by atoms with Gasteiger partial charge in [-0.05, 0) is 22.9 Å². The Morgan fingerprint density at radius 1 is 1.00 bits per heavy atom. The van der Waals surface area contributed by atoms with Crippen LogP contribution in [0.2, 0.25) is 0 Å². The van der Waals surface area contributed by atoms with Crippen LogP contribution in [0.15, 0.2) is 42.5 Å². The molecule has 5 heteroatoms. The Morgan fingerprint density at radius 3 is 2.13 bits per heavy atom. The molecule has 0 aliphatic rings. The van der Waals surface area contributed by atoms with Crippen LogP contribution in [0, 0.1) is 0 Å². The van der Waals surface area contributed by atoms with Crippen LogP contribution >= 0.6 is 0 Å². The zero-order valence-corrected chi connectivity index (χ0v) is 8.44. The van der Waals surface area contributed by atoms with Gasteiger partial charge in [0, 0.05) is 0 Å². The molecule has 0 bridgehead atoms. The fourth-order valence-corrected chi connectivity index (χ4v) is 1.18. The van der Waals surface area contributed by atoms with Crippen LogP contribution in [0.5, 0.6) is 5.75 Å². The maximum absolute atomic E-state index is 9.13. The van der Waals surface area contributed by atoms with Gasteiger partial charge in [0.1, 0.15) is 5.75 Å². The summed E-state index contributed by atoms with van der Waals surface area (Å²) in [6.07, 6.45) is 0. The number of fused-ring (bicyclic) bond motifs is 1. The highest BCUT2D eigenvalue weighted by Crippen LogP contribution is 2.18. The summed E-state index contributed by atoms with van der Waals surface area (Å²) in [6.45, 7) is 0. The fourth-order valence-electron chi connectivity index (χ4n) is 1.18. The van der Waals surface area contributed by atoms with Crippen LogP contribution in [0.1, 0.15) is 0 Å². The summed E-state index contributed by atoms with van der Waals surface area (Å²) in [5, 5.41) is 11.4. The van der Waals surface area contributed by atoms with Crippen LogP contribution in [0.25, 0.3) is 10.8 Å². The first kappa shape index (κ1) is 11.6.